The summed E-state index contributed by atoms with van der Waals surface area (Å²) in [6.45, 7) is 2.83. The summed E-state index contributed by atoms with van der Waals surface area (Å²) in [4.78, 5) is 19.9. The molecule has 4 heterocycles. The van der Waals surface area contributed by atoms with Gasteiger partial charge in [-0.2, -0.15) is 5.10 Å². The van der Waals surface area contributed by atoms with Crippen LogP contribution in [-0.2, 0) is 30.8 Å². The van der Waals surface area contributed by atoms with Crippen LogP contribution < -0.4 is 0 Å². The summed E-state index contributed by atoms with van der Waals surface area (Å²) in [6, 6.07) is 5.91. The molecular formula is C16H17N5OS. The van der Waals surface area contributed by atoms with Crippen LogP contribution in [0, 0.1) is 0 Å². The average Bonchev–Trinajstić information content (AvgIpc) is 3.30. The summed E-state index contributed by atoms with van der Waals surface area (Å²) < 4.78 is 4.09. The molecule has 0 aromatic carbocycles. The number of carbonyl (C=O) groups is 1. The van der Waals surface area contributed by atoms with Crippen LogP contribution in [0.5, 0.6) is 0 Å². The summed E-state index contributed by atoms with van der Waals surface area (Å²) in [5, 5.41) is 6.24. The van der Waals surface area contributed by atoms with E-state index in [0.29, 0.717) is 19.5 Å². The molecule has 1 amide bonds. The second kappa shape index (κ2) is 6.00. The molecule has 0 fully saturated rings. The molecular weight excluding hydrogens is 310 g/mol. The van der Waals surface area contributed by atoms with Gasteiger partial charge in [-0.1, -0.05) is 6.07 Å². The van der Waals surface area contributed by atoms with Gasteiger partial charge in [0, 0.05) is 30.4 Å². The van der Waals surface area contributed by atoms with Gasteiger partial charge in [-0.15, -0.1) is 11.3 Å². The highest BCUT2D eigenvalue weighted by Crippen LogP contribution is 2.17. The Hall–Kier alpha value is -2.41. The van der Waals surface area contributed by atoms with Gasteiger partial charge in [-0.3, -0.25) is 9.48 Å². The van der Waals surface area contributed by atoms with E-state index < -0.39 is 0 Å². The van der Waals surface area contributed by atoms with Crippen LogP contribution in [0.25, 0.3) is 0 Å². The van der Waals surface area contributed by atoms with Crippen molar-refractivity contribution in [2.45, 2.75) is 26.1 Å². The zero-order valence-electron chi connectivity index (χ0n) is 12.6. The van der Waals surface area contributed by atoms with Gasteiger partial charge < -0.3 is 9.47 Å². The van der Waals surface area contributed by atoms with Crippen molar-refractivity contribution in [3.05, 3.63) is 58.6 Å². The number of hydrogen-bond acceptors (Lipinski definition) is 4. The lowest BCUT2D eigenvalue weighted by Gasteiger charge is -2.28. The maximum atomic E-state index is 12.4. The second-order valence-corrected chi connectivity index (χ2v) is 6.62. The Morgan fingerprint density at radius 1 is 1.30 bits per heavy atom. The van der Waals surface area contributed by atoms with E-state index in [1.54, 1.807) is 17.5 Å². The molecule has 0 unspecified atom stereocenters. The standard InChI is InChI=1S/C16H17N5OS/c22-16(9-14-3-1-8-23-14)19-6-7-21-13(10-17-15(21)12-19)11-20-5-2-4-18-20/h1-5,8,10H,6-7,9,11-12H2. The maximum absolute atomic E-state index is 12.4. The first-order chi connectivity index (χ1) is 11.3. The molecule has 0 bridgehead atoms. The molecule has 0 saturated heterocycles. The smallest absolute Gasteiger partial charge is 0.228 e. The first-order valence-electron chi connectivity index (χ1n) is 7.60. The Balaban J connectivity index is 1.45. The highest BCUT2D eigenvalue weighted by Gasteiger charge is 2.23. The fraction of sp³-hybridized carbons (Fsp3) is 0.312. The minimum atomic E-state index is 0.176. The number of rotatable bonds is 4. The molecule has 0 saturated carbocycles. The van der Waals surface area contributed by atoms with Crippen molar-refractivity contribution in [3.8, 4) is 0 Å². The van der Waals surface area contributed by atoms with Gasteiger partial charge in [0.1, 0.15) is 5.82 Å². The van der Waals surface area contributed by atoms with Gasteiger partial charge in [0.25, 0.3) is 0 Å². The number of thiophene rings is 1. The lowest BCUT2D eigenvalue weighted by atomic mass is 10.2. The molecule has 0 radical (unpaired) electrons. The molecule has 6 nitrogen and oxygen atoms in total. The Kier molecular flexibility index (Phi) is 3.70. The molecule has 0 spiro atoms. The van der Waals surface area contributed by atoms with Gasteiger partial charge in [-0.25, -0.2) is 4.98 Å². The van der Waals surface area contributed by atoms with Gasteiger partial charge in [0.05, 0.1) is 31.4 Å². The highest BCUT2D eigenvalue weighted by molar-refractivity contribution is 7.10. The minimum Gasteiger partial charge on any atom is -0.333 e. The van der Waals surface area contributed by atoms with Crippen LogP contribution in [0.3, 0.4) is 0 Å². The minimum absolute atomic E-state index is 0.176. The van der Waals surface area contributed by atoms with Crippen molar-refractivity contribution < 1.29 is 4.79 Å². The van der Waals surface area contributed by atoms with Crippen molar-refractivity contribution in [3.63, 3.8) is 0 Å². The highest BCUT2D eigenvalue weighted by atomic mass is 32.1. The van der Waals surface area contributed by atoms with Crippen LogP contribution in [0.2, 0.25) is 0 Å². The third-order valence-corrected chi connectivity index (χ3v) is 4.96. The van der Waals surface area contributed by atoms with Crippen molar-refractivity contribution in [1.29, 1.82) is 0 Å². The summed E-state index contributed by atoms with van der Waals surface area (Å²) in [5.74, 6) is 1.13. The summed E-state index contributed by atoms with van der Waals surface area (Å²) in [5.41, 5.74) is 1.13. The quantitative estimate of drug-likeness (QED) is 0.734. The fourth-order valence-corrected chi connectivity index (χ4v) is 3.59. The monoisotopic (exact) mass is 327 g/mol. The zero-order valence-corrected chi connectivity index (χ0v) is 13.4. The lowest BCUT2D eigenvalue weighted by molar-refractivity contribution is -0.131. The molecule has 0 aliphatic carbocycles. The van der Waals surface area contributed by atoms with Crippen LogP contribution in [0.1, 0.15) is 16.4 Å². The van der Waals surface area contributed by atoms with Crippen molar-refractivity contribution in [2.24, 2.45) is 0 Å². The number of hydrogen-bond donors (Lipinski definition) is 0. The van der Waals surface area contributed by atoms with E-state index >= 15 is 0 Å². The maximum Gasteiger partial charge on any atom is 0.228 e. The molecule has 23 heavy (non-hydrogen) atoms. The van der Waals surface area contributed by atoms with E-state index in [0.717, 1.165) is 29.5 Å². The molecule has 3 aromatic heterocycles. The van der Waals surface area contributed by atoms with Gasteiger partial charge >= 0.3 is 0 Å². The predicted molar refractivity (Wildman–Crippen MR) is 87.0 cm³/mol. The zero-order chi connectivity index (χ0) is 15.6. The first kappa shape index (κ1) is 14.2. The van der Waals surface area contributed by atoms with E-state index in [2.05, 4.69) is 14.6 Å². The summed E-state index contributed by atoms with van der Waals surface area (Å²) >= 11 is 1.63. The fourth-order valence-electron chi connectivity index (χ4n) is 2.90. The average molecular weight is 327 g/mol. The normalized spacial score (nSPS) is 14.0. The van der Waals surface area contributed by atoms with Gasteiger partial charge in [0.15, 0.2) is 0 Å². The number of amides is 1. The third kappa shape index (κ3) is 2.92. The topological polar surface area (TPSA) is 56.0 Å². The first-order valence-corrected chi connectivity index (χ1v) is 8.48. The number of fused-ring (bicyclic) bond motifs is 1. The van der Waals surface area contributed by atoms with Crippen molar-refractivity contribution in [2.75, 3.05) is 6.54 Å². The van der Waals surface area contributed by atoms with E-state index in [1.807, 2.05) is 45.6 Å². The van der Waals surface area contributed by atoms with E-state index in [9.17, 15) is 4.79 Å². The number of nitrogens with zero attached hydrogens (tertiary/aromatic N) is 5. The van der Waals surface area contributed by atoms with E-state index in [1.165, 1.54) is 0 Å². The van der Waals surface area contributed by atoms with Crippen LogP contribution in [-0.4, -0.2) is 36.7 Å². The van der Waals surface area contributed by atoms with E-state index in [4.69, 9.17) is 0 Å². The molecule has 7 heteroatoms. The molecule has 1 aliphatic rings. The molecule has 1 aliphatic heterocycles. The Labute approximate surface area is 138 Å². The van der Waals surface area contributed by atoms with Crippen molar-refractivity contribution >= 4 is 17.2 Å². The summed E-state index contributed by atoms with van der Waals surface area (Å²) in [7, 11) is 0. The largest absolute Gasteiger partial charge is 0.333 e. The van der Waals surface area contributed by atoms with Crippen molar-refractivity contribution in [1.82, 2.24) is 24.2 Å². The molecule has 4 rings (SSSR count). The molecule has 118 valence electrons. The lowest BCUT2D eigenvalue weighted by Crippen LogP contribution is -2.39. The third-order valence-electron chi connectivity index (χ3n) is 4.09. The SMILES string of the molecule is O=C(Cc1cccs1)N1CCn2c(Cn3cccn3)cnc2C1. The second-order valence-electron chi connectivity index (χ2n) is 5.59. The predicted octanol–water partition coefficient (Wildman–Crippen LogP) is 1.77. The Bertz CT molecular complexity index is 791. The molecule has 3 aromatic rings. The Morgan fingerprint density at radius 3 is 3.04 bits per heavy atom. The van der Waals surface area contributed by atoms with E-state index in [-0.39, 0.29) is 5.91 Å². The molecule has 0 atom stereocenters. The van der Waals surface area contributed by atoms with Crippen LogP contribution in [0.4, 0.5) is 0 Å². The van der Waals surface area contributed by atoms with Crippen LogP contribution >= 0.6 is 11.3 Å². The summed E-state index contributed by atoms with van der Waals surface area (Å²) in [6.07, 6.45) is 6.10. The van der Waals surface area contributed by atoms with Gasteiger partial charge in [0.2, 0.25) is 5.91 Å². The molecule has 0 N–H and O–H groups in total. The number of carbonyl (C=O) groups excluding carboxylic acids is 1. The number of aromatic nitrogens is 4. The van der Waals surface area contributed by atoms with Gasteiger partial charge in [-0.05, 0) is 17.5 Å². The number of imidazole rings is 1. The Morgan fingerprint density at radius 2 is 2.26 bits per heavy atom. The van der Waals surface area contributed by atoms with Crippen LogP contribution in [0.15, 0.2) is 42.2 Å².